The summed E-state index contributed by atoms with van der Waals surface area (Å²) >= 11 is 1.63. The van der Waals surface area contributed by atoms with Crippen LogP contribution in [-0.2, 0) is 0 Å². The summed E-state index contributed by atoms with van der Waals surface area (Å²) in [5, 5.41) is 12.4. The molecule has 0 radical (unpaired) electrons. The molecule has 3 N–H and O–H groups in total. The Labute approximate surface area is 131 Å². The van der Waals surface area contributed by atoms with Gasteiger partial charge in [-0.1, -0.05) is 30.5 Å². The molecule has 116 valence electrons. The zero-order valence-electron chi connectivity index (χ0n) is 12.9. The highest BCUT2D eigenvalue weighted by atomic mass is 32.2. The Bertz CT molecular complexity index is 498. The summed E-state index contributed by atoms with van der Waals surface area (Å²) in [6.07, 6.45) is 8.40. The third-order valence-electron chi connectivity index (χ3n) is 4.25. The van der Waals surface area contributed by atoms with Crippen molar-refractivity contribution in [1.82, 2.24) is 0 Å². The Morgan fingerprint density at radius 2 is 2.10 bits per heavy atom. The minimum Gasteiger partial charge on any atom is -0.409 e. The van der Waals surface area contributed by atoms with Crippen molar-refractivity contribution in [3.8, 4) is 0 Å². The van der Waals surface area contributed by atoms with E-state index in [1.165, 1.54) is 32.1 Å². The lowest BCUT2D eigenvalue weighted by atomic mass is 9.93. The molecule has 1 aliphatic carbocycles. The van der Waals surface area contributed by atoms with E-state index in [0.29, 0.717) is 6.04 Å². The van der Waals surface area contributed by atoms with Gasteiger partial charge in [0.25, 0.3) is 0 Å². The highest BCUT2D eigenvalue weighted by molar-refractivity contribution is 7.98. The van der Waals surface area contributed by atoms with Crippen molar-refractivity contribution < 1.29 is 5.21 Å². The van der Waals surface area contributed by atoms with Crippen LogP contribution in [0.1, 0.15) is 44.6 Å². The third kappa shape index (κ3) is 3.46. The van der Waals surface area contributed by atoms with Crippen molar-refractivity contribution in [2.75, 3.05) is 17.7 Å². The minimum atomic E-state index is 0.198. The number of nitrogens with zero attached hydrogens (tertiary/aromatic N) is 2. The summed E-state index contributed by atoms with van der Waals surface area (Å²) in [7, 11) is 0. The van der Waals surface area contributed by atoms with Gasteiger partial charge in [-0.2, -0.15) is 0 Å². The zero-order valence-corrected chi connectivity index (χ0v) is 13.7. The molecule has 21 heavy (non-hydrogen) atoms. The average molecular weight is 307 g/mol. The highest BCUT2D eigenvalue weighted by Gasteiger charge is 2.24. The fourth-order valence-corrected chi connectivity index (χ4v) is 3.88. The van der Waals surface area contributed by atoms with Gasteiger partial charge in [-0.3, -0.25) is 0 Å². The Balaban J connectivity index is 2.44. The van der Waals surface area contributed by atoms with E-state index in [9.17, 15) is 0 Å². The number of rotatable bonds is 5. The van der Waals surface area contributed by atoms with Crippen molar-refractivity contribution >= 4 is 23.3 Å². The molecule has 1 aromatic rings. The SMILES string of the molecule is CCN(c1cccc(SC)c1/C(N)=N/O)C1CCCCC1. The first-order valence-corrected chi connectivity index (χ1v) is 8.87. The summed E-state index contributed by atoms with van der Waals surface area (Å²) in [5.41, 5.74) is 7.90. The first-order valence-electron chi connectivity index (χ1n) is 7.64. The average Bonchev–Trinajstić information content (AvgIpc) is 2.55. The lowest BCUT2D eigenvalue weighted by Crippen LogP contribution is -2.38. The fourth-order valence-electron chi connectivity index (χ4n) is 3.25. The first-order chi connectivity index (χ1) is 10.2. The number of hydrogen-bond donors (Lipinski definition) is 2. The number of hydrogen-bond acceptors (Lipinski definition) is 4. The van der Waals surface area contributed by atoms with Crippen molar-refractivity contribution in [2.24, 2.45) is 10.9 Å². The van der Waals surface area contributed by atoms with Crippen LogP contribution in [0, 0.1) is 0 Å². The topological polar surface area (TPSA) is 61.8 Å². The van der Waals surface area contributed by atoms with Gasteiger partial charge < -0.3 is 15.8 Å². The Morgan fingerprint density at radius 1 is 1.38 bits per heavy atom. The molecule has 1 aliphatic rings. The molecular formula is C16H25N3OS. The van der Waals surface area contributed by atoms with Gasteiger partial charge in [-0.15, -0.1) is 11.8 Å². The van der Waals surface area contributed by atoms with Crippen LogP contribution in [0.3, 0.4) is 0 Å². The molecule has 0 aliphatic heterocycles. The van der Waals surface area contributed by atoms with Crippen LogP contribution in [-0.4, -0.2) is 29.9 Å². The third-order valence-corrected chi connectivity index (χ3v) is 5.03. The van der Waals surface area contributed by atoms with Gasteiger partial charge in [0.15, 0.2) is 5.84 Å². The predicted molar refractivity (Wildman–Crippen MR) is 90.6 cm³/mol. The largest absolute Gasteiger partial charge is 0.409 e. The molecule has 1 fully saturated rings. The van der Waals surface area contributed by atoms with Crippen molar-refractivity contribution in [3.63, 3.8) is 0 Å². The molecule has 2 rings (SSSR count). The standard InChI is InChI=1S/C16H25N3OS/c1-3-19(12-8-5-4-6-9-12)13-10-7-11-14(21-2)15(13)16(17)18-20/h7,10-12,20H,3-6,8-9H2,1-2H3,(H2,17,18). The maximum absolute atomic E-state index is 9.13. The lowest BCUT2D eigenvalue weighted by molar-refractivity contribution is 0.318. The number of amidine groups is 1. The number of anilines is 1. The Morgan fingerprint density at radius 3 is 2.67 bits per heavy atom. The molecule has 5 heteroatoms. The van der Waals surface area contributed by atoms with Crippen molar-refractivity contribution in [1.29, 1.82) is 0 Å². The molecule has 0 atom stereocenters. The molecular weight excluding hydrogens is 282 g/mol. The molecule has 1 saturated carbocycles. The molecule has 1 aromatic carbocycles. The predicted octanol–water partition coefficient (Wildman–Crippen LogP) is 3.66. The van der Waals surface area contributed by atoms with E-state index >= 15 is 0 Å². The summed E-state index contributed by atoms with van der Waals surface area (Å²) in [5.74, 6) is 0.198. The summed E-state index contributed by atoms with van der Waals surface area (Å²) < 4.78 is 0. The van der Waals surface area contributed by atoms with Crippen molar-refractivity contribution in [3.05, 3.63) is 23.8 Å². The monoisotopic (exact) mass is 307 g/mol. The van der Waals surface area contributed by atoms with Crippen LogP contribution in [0.4, 0.5) is 5.69 Å². The van der Waals surface area contributed by atoms with E-state index in [0.717, 1.165) is 22.7 Å². The molecule has 0 aromatic heterocycles. The van der Waals surface area contributed by atoms with Gasteiger partial charge in [-0.05, 0) is 38.2 Å². The van der Waals surface area contributed by atoms with E-state index in [-0.39, 0.29) is 5.84 Å². The zero-order chi connectivity index (χ0) is 15.2. The number of benzene rings is 1. The highest BCUT2D eigenvalue weighted by Crippen LogP contribution is 2.33. The molecule has 4 nitrogen and oxygen atoms in total. The lowest BCUT2D eigenvalue weighted by Gasteiger charge is -2.36. The van der Waals surface area contributed by atoms with Gasteiger partial charge in [0.2, 0.25) is 0 Å². The maximum atomic E-state index is 9.13. The number of thioether (sulfide) groups is 1. The fraction of sp³-hybridized carbons (Fsp3) is 0.562. The van der Waals surface area contributed by atoms with Gasteiger partial charge in [-0.25, -0.2) is 0 Å². The van der Waals surface area contributed by atoms with E-state index in [2.05, 4.69) is 29.1 Å². The summed E-state index contributed by atoms with van der Waals surface area (Å²) in [4.78, 5) is 3.48. The Hall–Kier alpha value is -1.36. The van der Waals surface area contributed by atoms with E-state index in [4.69, 9.17) is 10.9 Å². The van der Waals surface area contributed by atoms with Gasteiger partial charge >= 0.3 is 0 Å². The molecule has 0 bridgehead atoms. The van der Waals surface area contributed by atoms with Crippen LogP contribution in [0.15, 0.2) is 28.3 Å². The second-order valence-electron chi connectivity index (χ2n) is 5.42. The van der Waals surface area contributed by atoms with E-state index < -0.39 is 0 Å². The smallest absolute Gasteiger partial charge is 0.173 e. The van der Waals surface area contributed by atoms with E-state index in [1.54, 1.807) is 11.8 Å². The molecule has 0 heterocycles. The minimum absolute atomic E-state index is 0.198. The second-order valence-corrected chi connectivity index (χ2v) is 6.27. The van der Waals surface area contributed by atoms with E-state index in [1.807, 2.05) is 12.3 Å². The van der Waals surface area contributed by atoms with Crippen LogP contribution in [0.2, 0.25) is 0 Å². The normalized spacial score (nSPS) is 17.0. The number of nitrogens with two attached hydrogens (primary N) is 1. The van der Waals surface area contributed by atoms with Gasteiger partial charge in [0.1, 0.15) is 0 Å². The van der Waals surface area contributed by atoms with Gasteiger partial charge in [0.05, 0.1) is 5.56 Å². The Kier molecular flexibility index (Phi) is 5.79. The second kappa shape index (κ2) is 7.59. The molecule has 0 unspecified atom stereocenters. The van der Waals surface area contributed by atoms with Crippen LogP contribution < -0.4 is 10.6 Å². The molecule has 0 saturated heterocycles. The number of oxime groups is 1. The quantitative estimate of drug-likeness (QED) is 0.286. The summed E-state index contributed by atoms with van der Waals surface area (Å²) in [6.45, 7) is 3.12. The first kappa shape index (κ1) is 16.0. The maximum Gasteiger partial charge on any atom is 0.173 e. The molecule has 0 amide bonds. The van der Waals surface area contributed by atoms with Gasteiger partial charge in [0, 0.05) is 23.2 Å². The van der Waals surface area contributed by atoms with Crippen LogP contribution in [0.5, 0.6) is 0 Å². The van der Waals surface area contributed by atoms with Crippen LogP contribution in [0.25, 0.3) is 0 Å². The molecule has 0 spiro atoms. The van der Waals surface area contributed by atoms with Crippen LogP contribution >= 0.6 is 11.8 Å². The summed E-state index contributed by atoms with van der Waals surface area (Å²) in [6, 6.07) is 6.73. The van der Waals surface area contributed by atoms with Crippen molar-refractivity contribution in [2.45, 2.75) is 50.0 Å².